The van der Waals surface area contributed by atoms with E-state index in [1.165, 1.54) is 59.6 Å². The molecule has 0 saturated carbocycles. The Hall–Kier alpha value is -5.45. The third-order valence-electron chi connectivity index (χ3n) is 11.5. The summed E-state index contributed by atoms with van der Waals surface area (Å²) in [5.74, 6) is -8.62. The quantitative estimate of drug-likeness (QED) is 0.0411. The highest BCUT2D eigenvalue weighted by atomic mass is 16.7. The number of phenolic OH excluding ortho intramolecular Hbond substituents is 3. The number of methoxy groups -OCH3 is 1. The van der Waals surface area contributed by atoms with Gasteiger partial charge in [0, 0.05) is 74.2 Å². The van der Waals surface area contributed by atoms with Crippen LogP contribution in [0.1, 0.15) is 96.6 Å². The Kier molecular flexibility index (Phi) is 16.1. The number of ketones is 1. The molecule has 2 aromatic carbocycles. The van der Waals surface area contributed by atoms with E-state index >= 15 is 0 Å². The second kappa shape index (κ2) is 20.4. The number of carbonyl (C=O) groups excluding carboxylic acids is 3. The van der Waals surface area contributed by atoms with Crippen LogP contribution >= 0.6 is 0 Å². The molecule has 334 valence electrons. The molecule has 3 aliphatic heterocycles. The lowest BCUT2D eigenvalue weighted by Gasteiger charge is -2.38. The number of aliphatic hydroxyl groups is 2. The van der Waals surface area contributed by atoms with Gasteiger partial charge in [0.25, 0.3) is 11.7 Å². The zero-order chi connectivity index (χ0) is 45.5. The van der Waals surface area contributed by atoms with Crippen LogP contribution in [0, 0.1) is 30.6 Å². The van der Waals surface area contributed by atoms with E-state index in [2.05, 4.69) is 15.5 Å². The first-order valence-electron chi connectivity index (χ1n) is 20.6. The maximum absolute atomic E-state index is 14.4. The van der Waals surface area contributed by atoms with Gasteiger partial charge in [-0.05, 0) is 32.8 Å². The van der Waals surface area contributed by atoms with Crippen LogP contribution in [-0.2, 0) is 23.8 Å². The Labute approximate surface area is 357 Å². The molecule has 16 nitrogen and oxygen atoms in total. The maximum atomic E-state index is 14.4. The molecule has 5 bridgehead atoms. The zero-order valence-electron chi connectivity index (χ0n) is 36.9. The van der Waals surface area contributed by atoms with Crippen molar-refractivity contribution in [2.24, 2.45) is 33.9 Å². The van der Waals surface area contributed by atoms with Gasteiger partial charge in [0.05, 0.1) is 53.0 Å². The van der Waals surface area contributed by atoms with Crippen LogP contribution in [0.5, 0.6) is 23.0 Å². The molecule has 0 aliphatic carbocycles. The van der Waals surface area contributed by atoms with Crippen LogP contribution in [0.25, 0.3) is 10.8 Å². The lowest BCUT2D eigenvalue weighted by Crippen LogP contribution is -2.46. The molecule has 3 aliphatic rings. The van der Waals surface area contributed by atoms with E-state index < -0.39 is 88.8 Å². The number of hydrogen-bond acceptors (Lipinski definition) is 14. The Bertz CT molecular complexity index is 2110. The summed E-state index contributed by atoms with van der Waals surface area (Å²) < 4.78 is 23.6. The topological polar surface area (TPSA) is 229 Å². The molecule has 0 fully saturated rings. The minimum atomic E-state index is -2.06. The van der Waals surface area contributed by atoms with E-state index in [1.54, 1.807) is 39.8 Å². The number of benzene rings is 2. The van der Waals surface area contributed by atoms with Crippen molar-refractivity contribution < 1.29 is 58.9 Å². The lowest BCUT2D eigenvalue weighted by molar-refractivity contribution is -0.160. The second-order valence-electron chi connectivity index (χ2n) is 16.1. The highest BCUT2D eigenvalue weighted by Crippen LogP contribution is 2.55. The molecular weight excluding hydrogens is 789 g/mol. The van der Waals surface area contributed by atoms with Gasteiger partial charge in [-0.15, -0.1) is 5.10 Å². The molecule has 0 saturated heterocycles. The van der Waals surface area contributed by atoms with Crippen molar-refractivity contribution in [2.75, 3.05) is 25.5 Å². The van der Waals surface area contributed by atoms with E-state index in [-0.39, 0.29) is 44.5 Å². The van der Waals surface area contributed by atoms with E-state index in [0.717, 1.165) is 32.1 Å². The zero-order valence-corrected chi connectivity index (χ0v) is 36.9. The number of amides is 1. The van der Waals surface area contributed by atoms with Crippen LogP contribution in [-0.4, -0.2) is 111 Å². The largest absolute Gasteiger partial charge is 0.507 e. The van der Waals surface area contributed by atoms with Gasteiger partial charge in [-0.1, -0.05) is 59.8 Å². The van der Waals surface area contributed by atoms with E-state index in [9.17, 15) is 39.9 Å². The van der Waals surface area contributed by atoms with Gasteiger partial charge in [-0.2, -0.15) is 5.10 Å². The van der Waals surface area contributed by atoms with Gasteiger partial charge in [0.15, 0.2) is 5.75 Å². The number of nitrogens with one attached hydrogen (secondary N) is 1. The van der Waals surface area contributed by atoms with Gasteiger partial charge in [0.2, 0.25) is 0 Å². The fourth-order valence-corrected chi connectivity index (χ4v) is 7.87. The highest BCUT2D eigenvalue weighted by Gasteiger charge is 2.50. The standard InChI is InChI=1S/C45H62N4O12/c1-12-18-49(19-13-2)22-47-46-21-30-35-40(55)33-32(39(30)54)34-42(28(8)38(33)53)61-45(10,43(34)56)59-20-17-31(58-11)25(5)41(60-29(9)50)27(7)37(52)26(6)36(51)23(3)15-14-16-24(4)44(57)48-35/h14-17,20-23,25-27,31,36-37,41,51-55H,12-13,18-19H2,1-11H3,(H,48,57)/b15-14+,20-17+,24-16-,46-21+,47-22+/t23-,25-,26-,27+,31+,36+,37+,41-,45+/m1/s1. The minimum Gasteiger partial charge on any atom is -0.507 e. The number of carbonyl (C=O) groups is 3. The number of rotatable bonds is 9. The molecule has 2 aromatic rings. The molecule has 16 heteroatoms. The summed E-state index contributed by atoms with van der Waals surface area (Å²) in [5.41, 5.74) is -0.577. The van der Waals surface area contributed by atoms with E-state index in [4.69, 9.17) is 18.9 Å². The number of Topliss-reactive ketones (excluding diaryl/α,β-unsaturated/α-hetero) is 1. The first-order chi connectivity index (χ1) is 28.8. The number of anilines is 1. The maximum Gasteiger partial charge on any atom is 0.312 e. The van der Waals surface area contributed by atoms with Crippen molar-refractivity contribution in [3.05, 3.63) is 52.8 Å². The summed E-state index contributed by atoms with van der Waals surface area (Å²) in [5, 5.41) is 68.7. The predicted molar refractivity (Wildman–Crippen MR) is 232 cm³/mol. The van der Waals surface area contributed by atoms with Gasteiger partial charge in [-0.3, -0.25) is 14.4 Å². The Morgan fingerprint density at radius 3 is 2.20 bits per heavy atom. The SMILES string of the molecule is CCCN(/C=N/N=C/c1c2c(O)c3c(O)c(C)c4c(c3c1O)C(=O)[C@@](C)(O/C=C/[C@H](OC)[C@@H](C)[C@@H](OC(C)=O)[C@@H](C)[C@@H](O)[C@H](C)[C@@H](O)[C@H](C)/C=C/C=C(/C)C(=O)N2)O4)CCC. The van der Waals surface area contributed by atoms with E-state index in [1.807, 2.05) is 18.7 Å². The second-order valence-corrected chi connectivity index (χ2v) is 16.1. The minimum absolute atomic E-state index is 0.0366. The van der Waals surface area contributed by atoms with Crippen molar-refractivity contribution in [1.29, 1.82) is 0 Å². The van der Waals surface area contributed by atoms with Crippen LogP contribution in [0.15, 0.2) is 46.3 Å². The molecule has 0 spiro atoms. The third kappa shape index (κ3) is 10.2. The van der Waals surface area contributed by atoms with Gasteiger partial charge in [0.1, 0.15) is 29.7 Å². The average Bonchev–Trinajstić information content (AvgIpc) is 3.48. The fourth-order valence-electron chi connectivity index (χ4n) is 7.87. The smallest absolute Gasteiger partial charge is 0.312 e. The number of aliphatic hydroxyl groups excluding tert-OH is 2. The number of fused-ring (bicyclic) bond motifs is 14. The number of phenols is 3. The van der Waals surface area contributed by atoms with Crippen molar-refractivity contribution >= 4 is 46.7 Å². The molecule has 9 atom stereocenters. The first-order valence-corrected chi connectivity index (χ1v) is 20.6. The summed E-state index contributed by atoms with van der Waals surface area (Å²) in [6, 6.07) is 0. The van der Waals surface area contributed by atoms with Crippen molar-refractivity contribution in [2.45, 2.75) is 112 Å². The predicted octanol–water partition coefficient (Wildman–Crippen LogP) is 6.24. The molecule has 1 amide bonds. The lowest BCUT2D eigenvalue weighted by atomic mass is 9.78. The molecule has 3 heterocycles. The first kappa shape index (κ1) is 48.2. The molecule has 6 N–H and O–H groups in total. The number of esters is 1. The third-order valence-corrected chi connectivity index (χ3v) is 11.5. The van der Waals surface area contributed by atoms with Crippen molar-refractivity contribution in [3.8, 4) is 23.0 Å². The number of aromatic hydroxyl groups is 3. The summed E-state index contributed by atoms with van der Waals surface area (Å²) in [6.07, 6.45) is 7.85. The highest BCUT2D eigenvalue weighted by molar-refractivity contribution is 6.23. The number of allylic oxidation sites excluding steroid dienone is 2. The monoisotopic (exact) mass is 850 g/mol. The summed E-state index contributed by atoms with van der Waals surface area (Å²) in [6.45, 7) is 17.9. The number of nitrogens with zero attached hydrogens (tertiary/aromatic N) is 3. The Balaban J connectivity index is 1.97. The molecule has 0 aromatic heterocycles. The molecule has 0 radical (unpaired) electrons. The van der Waals surface area contributed by atoms with Gasteiger partial charge in [-0.25, -0.2) is 0 Å². The van der Waals surface area contributed by atoms with Crippen molar-refractivity contribution in [1.82, 2.24) is 4.90 Å². The normalized spacial score (nSPS) is 29.6. The molecular formula is C45H62N4O12. The van der Waals surface area contributed by atoms with Gasteiger partial charge < -0.3 is 54.7 Å². The average molecular weight is 851 g/mol. The van der Waals surface area contributed by atoms with Crippen LogP contribution < -0.4 is 10.1 Å². The van der Waals surface area contributed by atoms with E-state index in [0.29, 0.717) is 0 Å². The summed E-state index contributed by atoms with van der Waals surface area (Å²) in [7, 11) is 1.43. The number of hydrogen-bond donors (Lipinski definition) is 6. The summed E-state index contributed by atoms with van der Waals surface area (Å²) in [4.78, 5) is 42.5. The fraction of sp³-hybridized carbons (Fsp3) is 0.533. The van der Waals surface area contributed by atoms with Gasteiger partial charge >= 0.3 is 11.8 Å². The molecule has 5 rings (SSSR count). The summed E-state index contributed by atoms with van der Waals surface area (Å²) >= 11 is 0. The molecule has 61 heavy (non-hydrogen) atoms. The van der Waals surface area contributed by atoms with Crippen LogP contribution in [0.2, 0.25) is 0 Å². The van der Waals surface area contributed by atoms with Crippen LogP contribution in [0.4, 0.5) is 5.69 Å². The Morgan fingerprint density at radius 2 is 1.59 bits per heavy atom. The number of ether oxygens (including phenoxy) is 4. The molecule has 0 unspecified atom stereocenters. The Morgan fingerprint density at radius 1 is 0.934 bits per heavy atom. The van der Waals surface area contributed by atoms with Crippen molar-refractivity contribution in [3.63, 3.8) is 0 Å². The van der Waals surface area contributed by atoms with Crippen LogP contribution in [0.3, 0.4) is 0 Å².